The van der Waals surface area contributed by atoms with Gasteiger partial charge in [0.15, 0.2) is 0 Å². The number of hydrogen-bond acceptors (Lipinski definition) is 5. The predicted octanol–water partition coefficient (Wildman–Crippen LogP) is 2.97. The van der Waals surface area contributed by atoms with Crippen LogP contribution in [0.1, 0.15) is 25.1 Å². The summed E-state index contributed by atoms with van der Waals surface area (Å²) in [5.41, 5.74) is -0.201. The number of anilines is 1. The van der Waals surface area contributed by atoms with Gasteiger partial charge in [0.1, 0.15) is 11.4 Å². The van der Waals surface area contributed by atoms with E-state index in [4.69, 9.17) is 4.74 Å². The van der Waals surface area contributed by atoms with Crippen LogP contribution in [0.5, 0.6) is 5.75 Å². The van der Waals surface area contributed by atoms with E-state index in [9.17, 15) is 9.90 Å². The lowest BCUT2D eigenvalue weighted by Gasteiger charge is -2.25. The van der Waals surface area contributed by atoms with E-state index in [0.29, 0.717) is 13.0 Å². The molecule has 0 saturated carbocycles. The quantitative estimate of drug-likeness (QED) is 0.686. The van der Waals surface area contributed by atoms with Gasteiger partial charge in [0.2, 0.25) is 5.91 Å². The largest absolute Gasteiger partial charge is 0.497 e. The van der Waals surface area contributed by atoms with E-state index in [1.165, 1.54) is 11.3 Å². The smallest absolute Gasteiger partial charge is 0.225 e. The predicted molar refractivity (Wildman–Crippen MR) is 97.6 cm³/mol. The number of carbonyl (C=O) groups is 1. The lowest BCUT2D eigenvalue weighted by atomic mass is 10.0. The SMILES string of the molecule is COc1ccc(NC(=O)CC(C)NCC(C)(O)c2cccs2)cc1. The van der Waals surface area contributed by atoms with Crippen molar-refractivity contribution in [2.45, 2.75) is 31.9 Å². The third-order valence-electron chi connectivity index (χ3n) is 3.71. The molecule has 0 radical (unpaired) electrons. The fourth-order valence-corrected chi connectivity index (χ4v) is 3.07. The van der Waals surface area contributed by atoms with Crippen LogP contribution in [0.4, 0.5) is 5.69 Å². The molecule has 0 aliphatic heterocycles. The van der Waals surface area contributed by atoms with Crippen LogP contribution in [0.25, 0.3) is 0 Å². The van der Waals surface area contributed by atoms with Gasteiger partial charge < -0.3 is 20.5 Å². The first-order valence-corrected chi connectivity index (χ1v) is 8.72. The summed E-state index contributed by atoms with van der Waals surface area (Å²) in [5, 5.41) is 18.5. The Labute approximate surface area is 146 Å². The molecular weight excluding hydrogens is 324 g/mol. The molecule has 1 aromatic heterocycles. The first-order chi connectivity index (χ1) is 11.4. The summed E-state index contributed by atoms with van der Waals surface area (Å²) >= 11 is 1.52. The summed E-state index contributed by atoms with van der Waals surface area (Å²) in [4.78, 5) is 13.0. The standard InChI is InChI=1S/C18H24N2O3S/c1-13(19-12-18(2,22)16-5-4-10-24-16)11-17(21)20-14-6-8-15(23-3)9-7-14/h4-10,13,19,22H,11-12H2,1-3H3,(H,20,21). The topological polar surface area (TPSA) is 70.6 Å². The summed E-state index contributed by atoms with van der Waals surface area (Å²) in [5.74, 6) is 0.676. The molecule has 1 amide bonds. The fourth-order valence-electron chi connectivity index (χ4n) is 2.28. The highest BCUT2D eigenvalue weighted by Gasteiger charge is 2.24. The number of methoxy groups -OCH3 is 1. The number of benzene rings is 1. The third-order valence-corrected chi connectivity index (χ3v) is 4.84. The molecule has 1 heterocycles. The van der Waals surface area contributed by atoms with Gasteiger partial charge in [0.05, 0.1) is 7.11 Å². The Morgan fingerprint density at radius 1 is 1.33 bits per heavy atom. The molecule has 2 unspecified atom stereocenters. The molecule has 2 rings (SSSR count). The molecule has 0 aliphatic carbocycles. The second-order valence-electron chi connectivity index (χ2n) is 6.01. The second-order valence-corrected chi connectivity index (χ2v) is 6.96. The zero-order chi connectivity index (χ0) is 17.6. The number of hydrogen-bond donors (Lipinski definition) is 3. The van der Waals surface area contributed by atoms with E-state index in [2.05, 4.69) is 10.6 Å². The number of carbonyl (C=O) groups excluding carboxylic acids is 1. The van der Waals surface area contributed by atoms with Gasteiger partial charge in [0.25, 0.3) is 0 Å². The lowest BCUT2D eigenvalue weighted by molar-refractivity contribution is -0.116. The number of ether oxygens (including phenoxy) is 1. The van der Waals surface area contributed by atoms with Gasteiger partial charge in [-0.15, -0.1) is 11.3 Å². The Morgan fingerprint density at radius 2 is 2.04 bits per heavy atom. The van der Waals surface area contributed by atoms with Gasteiger partial charge >= 0.3 is 0 Å². The van der Waals surface area contributed by atoms with Crippen LogP contribution in [-0.2, 0) is 10.4 Å². The first-order valence-electron chi connectivity index (χ1n) is 7.84. The van der Waals surface area contributed by atoms with Crippen molar-refractivity contribution in [3.05, 3.63) is 46.7 Å². The Balaban J connectivity index is 1.78. The van der Waals surface area contributed by atoms with Crippen LogP contribution in [0.2, 0.25) is 0 Å². The van der Waals surface area contributed by atoms with Crippen LogP contribution in [-0.4, -0.2) is 30.7 Å². The number of amides is 1. The molecule has 1 aromatic carbocycles. The molecule has 6 heteroatoms. The van der Waals surface area contributed by atoms with Gasteiger partial charge in [-0.25, -0.2) is 0 Å². The van der Waals surface area contributed by atoms with Crippen molar-refractivity contribution >= 4 is 22.9 Å². The van der Waals surface area contributed by atoms with Gasteiger partial charge in [0, 0.05) is 29.6 Å². The van der Waals surface area contributed by atoms with E-state index in [1.54, 1.807) is 38.3 Å². The highest BCUT2D eigenvalue weighted by atomic mass is 32.1. The van der Waals surface area contributed by atoms with E-state index < -0.39 is 5.60 Å². The maximum atomic E-state index is 12.1. The van der Waals surface area contributed by atoms with Crippen LogP contribution >= 0.6 is 11.3 Å². The highest BCUT2D eigenvalue weighted by Crippen LogP contribution is 2.24. The lowest BCUT2D eigenvalue weighted by Crippen LogP contribution is -2.40. The molecule has 0 fully saturated rings. The van der Waals surface area contributed by atoms with Crippen molar-refractivity contribution in [3.63, 3.8) is 0 Å². The molecule has 24 heavy (non-hydrogen) atoms. The maximum absolute atomic E-state index is 12.1. The molecule has 5 nitrogen and oxygen atoms in total. The summed E-state index contributed by atoms with van der Waals surface area (Å²) in [6.45, 7) is 4.10. The van der Waals surface area contributed by atoms with Crippen molar-refractivity contribution in [2.24, 2.45) is 0 Å². The van der Waals surface area contributed by atoms with Gasteiger partial charge in [-0.2, -0.15) is 0 Å². The number of nitrogens with one attached hydrogen (secondary N) is 2. The Bertz CT molecular complexity index is 639. The summed E-state index contributed by atoms with van der Waals surface area (Å²) < 4.78 is 5.09. The molecule has 0 aliphatic rings. The van der Waals surface area contributed by atoms with Crippen molar-refractivity contribution in [1.29, 1.82) is 0 Å². The van der Waals surface area contributed by atoms with Crippen LogP contribution in [0.3, 0.4) is 0 Å². The molecule has 2 aromatic rings. The molecule has 0 saturated heterocycles. The Morgan fingerprint density at radius 3 is 2.62 bits per heavy atom. The Kier molecular flexibility index (Phi) is 6.36. The highest BCUT2D eigenvalue weighted by molar-refractivity contribution is 7.10. The van der Waals surface area contributed by atoms with Gasteiger partial charge in [-0.3, -0.25) is 4.79 Å². The van der Waals surface area contributed by atoms with E-state index in [-0.39, 0.29) is 11.9 Å². The molecule has 3 N–H and O–H groups in total. The maximum Gasteiger partial charge on any atom is 0.225 e. The monoisotopic (exact) mass is 348 g/mol. The molecule has 130 valence electrons. The van der Waals surface area contributed by atoms with Gasteiger partial charge in [-0.05, 0) is 49.6 Å². The van der Waals surface area contributed by atoms with Crippen molar-refractivity contribution in [1.82, 2.24) is 5.32 Å². The average molecular weight is 348 g/mol. The molecular formula is C18H24N2O3S. The number of aliphatic hydroxyl groups is 1. The summed E-state index contributed by atoms with van der Waals surface area (Å²) in [7, 11) is 1.60. The van der Waals surface area contributed by atoms with Crippen molar-refractivity contribution in [3.8, 4) is 5.75 Å². The van der Waals surface area contributed by atoms with Gasteiger partial charge in [-0.1, -0.05) is 6.07 Å². The fraction of sp³-hybridized carbons (Fsp3) is 0.389. The van der Waals surface area contributed by atoms with E-state index in [1.807, 2.05) is 24.4 Å². The van der Waals surface area contributed by atoms with Crippen LogP contribution in [0.15, 0.2) is 41.8 Å². The van der Waals surface area contributed by atoms with E-state index in [0.717, 1.165) is 16.3 Å². The molecule has 2 atom stereocenters. The average Bonchev–Trinajstić information content (AvgIpc) is 3.09. The minimum absolute atomic E-state index is 0.0466. The normalized spacial score (nSPS) is 14.7. The van der Waals surface area contributed by atoms with Crippen molar-refractivity contribution in [2.75, 3.05) is 19.0 Å². The van der Waals surface area contributed by atoms with Crippen molar-refractivity contribution < 1.29 is 14.6 Å². The zero-order valence-electron chi connectivity index (χ0n) is 14.2. The minimum Gasteiger partial charge on any atom is -0.497 e. The zero-order valence-corrected chi connectivity index (χ0v) is 15.0. The minimum atomic E-state index is -0.936. The first kappa shape index (κ1) is 18.4. The molecule has 0 bridgehead atoms. The molecule has 0 spiro atoms. The second kappa shape index (κ2) is 8.28. The van der Waals surface area contributed by atoms with Crippen LogP contribution < -0.4 is 15.4 Å². The van der Waals surface area contributed by atoms with Crippen LogP contribution in [0, 0.1) is 0 Å². The Hall–Kier alpha value is -1.89. The number of rotatable bonds is 8. The summed E-state index contributed by atoms with van der Waals surface area (Å²) in [6.07, 6.45) is 0.326. The third kappa shape index (κ3) is 5.33. The van der Waals surface area contributed by atoms with E-state index >= 15 is 0 Å². The summed E-state index contributed by atoms with van der Waals surface area (Å²) in [6, 6.07) is 11.0. The number of thiophene rings is 1.